The normalized spacial score (nSPS) is 12.1. The standard InChI is InChI=1S/C18H36O6S.2Na/c1-2-3-4-5-8-11-14-17(24-25(21,22)23)15-12-9-6-7-10-13-16-18(19)20;;/h17H,2-16H2,1H3,(H,19,20)(H,21,22,23);;/q;2*+1/p-2. The van der Waals surface area contributed by atoms with E-state index in [-0.39, 0.29) is 65.5 Å². The second kappa shape index (κ2) is 22.0. The molecule has 0 N–H and O–H groups in total. The maximum Gasteiger partial charge on any atom is 1.00 e. The van der Waals surface area contributed by atoms with E-state index in [9.17, 15) is 22.9 Å². The van der Waals surface area contributed by atoms with Crippen molar-refractivity contribution in [3.63, 3.8) is 0 Å². The third kappa shape index (κ3) is 27.3. The number of aliphatic carboxylic acids is 1. The first kappa shape index (κ1) is 33.0. The Hall–Kier alpha value is 1.34. The van der Waals surface area contributed by atoms with Gasteiger partial charge in [-0.05, 0) is 25.7 Å². The van der Waals surface area contributed by atoms with Gasteiger partial charge < -0.3 is 14.5 Å². The summed E-state index contributed by atoms with van der Waals surface area (Å²) in [6.45, 7) is 2.16. The van der Waals surface area contributed by atoms with Crippen molar-refractivity contribution in [2.24, 2.45) is 0 Å². The van der Waals surface area contributed by atoms with E-state index in [4.69, 9.17) is 0 Å². The molecule has 0 aromatic rings. The summed E-state index contributed by atoms with van der Waals surface area (Å²) in [6, 6.07) is 0. The van der Waals surface area contributed by atoms with Gasteiger partial charge in [-0.1, -0.05) is 77.6 Å². The Balaban J connectivity index is -0.00000288. The summed E-state index contributed by atoms with van der Waals surface area (Å²) in [4.78, 5) is 10.3. The smallest absolute Gasteiger partial charge is 0.726 e. The minimum absolute atomic E-state index is 0. The summed E-state index contributed by atoms with van der Waals surface area (Å²) in [5.41, 5.74) is 0. The largest absolute Gasteiger partial charge is 1.00 e. The summed E-state index contributed by atoms with van der Waals surface area (Å²) in [6.07, 6.45) is 12.6. The maximum atomic E-state index is 10.8. The van der Waals surface area contributed by atoms with E-state index in [1.807, 2.05) is 0 Å². The van der Waals surface area contributed by atoms with E-state index < -0.39 is 22.5 Å². The van der Waals surface area contributed by atoms with Crippen LogP contribution in [0.15, 0.2) is 0 Å². The van der Waals surface area contributed by atoms with Gasteiger partial charge in [0.1, 0.15) is 0 Å². The molecule has 0 saturated carbocycles. The Morgan fingerprint density at radius 1 is 0.815 bits per heavy atom. The van der Waals surface area contributed by atoms with Gasteiger partial charge in [-0.3, -0.25) is 4.18 Å². The fourth-order valence-corrected chi connectivity index (χ4v) is 3.43. The second-order valence-electron chi connectivity index (χ2n) is 6.71. The van der Waals surface area contributed by atoms with Gasteiger partial charge >= 0.3 is 59.1 Å². The Bertz CT molecular complexity index is 432. The van der Waals surface area contributed by atoms with Gasteiger partial charge in [0.25, 0.3) is 0 Å². The molecule has 0 spiro atoms. The summed E-state index contributed by atoms with van der Waals surface area (Å²) in [5.74, 6) is -1.01. The quantitative estimate of drug-likeness (QED) is 0.104. The van der Waals surface area contributed by atoms with Crippen LogP contribution >= 0.6 is 0 Å². The molecule has 0 bridgehead atoms. The first-order valence-electron chi connectivity index (χ1n) is 9.69. The molecular formula is C18H34Na2O6S. The van der Waals surface area contributed by atoms with Crippen molar-refractivity contribution in [1.82, 2.24) is 0 Å². The van der Waals surface area contributed by atoms with Gasteiger partial charge in [-0.2, -0.15) is 0 Å². The van der Waals surface area contributed by atoms with Crippen LogP contribution in [0.4, 0.5) is 0 Å². The number of carboxylic acid groups (broad SMARTS) is 1. The van der Waals surface area contributed by atoms with Gasteiger partial charge in [-0.15, -0.1) is 0 Å². The van der Waals surface area contributed by atoms with E-state index in [0.717, 1.165) is 51.4 Å². The monoisotopic (exact) mass is 424 g/mol. The van der Waals surface area contributed by atoms with Gasteiger partial charge in [0.15, 0.2) is 0 Å². The molecule has 9 heteroatoms. The van der Waals surface area contributed by atoms with E-state index in [2.05, 4.69) is 11.1 Å². The number of hydrogen-bond donors (Lipinski definition) is 0. The molecule has 0 amide bonds. The third-order valence-electron chi connectivity index (χ3n) is 4.29. The average Bonchev–Trinajstić information content (AvgIpc) is 2.51. The molecule has 0 aromatic carbocycles. The number of carbonyl (C=O) groups excluding carboxylic acids is 1. The van der Waals surface area contributed by atoms with E-state index in [1.54, 1.807) is 0 Å². The fourth-order valence-electron chi connectivity index (χ4n) is 2.91. The third-order valence-corrected chi connectivity index (χ3v) is 4.80. The zero-order valence-corrected chi connectivity index (χ0v) is 22.4. The van der Waals surface area contributed by atoms with Crippen molar-refractivity contribution >= 4 is 16.4 Å². The second-order valence-corrected chi connectivity index (χ2v) is 7.72. The molecule has 6 nitrogen and oxygen atoms in total. The Morgan fingerprint density at radius 3 is 1.63 bits per heavy atom. The van der Waals surface area contributed by atoms with Gasteiger partial charge in [0, 0.05) is 5.97 Å². The van der Waals surface area contributed by atoms with E-state index in [1.165, 1.54) is 19.3 Å². The maximum absolute atomic E-state index is 10.8. The number of rotatable bonds is 18. The molecule has 0 rings (SSSR count). The number of carbonyl (C=O) groups is 1. The summed E-state index contributed by atoms with van der Waals surface area (Å²) < 4.78 is 37.2. The molecule has 1 unspecified atom stereocenters. The molecule has 1 atom stereocenters. The van der Waals surface area contributed by atoms with Crippen molar-refractivity contribution in [3.8, 4) is 0 Å². The Labute approximate surface area is 210 Å². The Kier molecular flexibility index (Phi) is 26.9. The van der Waals surface area contributed by atoms with Crippen LogP contribution in [0.3, 0.4) is 0 Å². The number of carboxylic acids is 1. The molecule has 0 aromatic heterocycles. The molecule has 0 fully saturated rings. The zero-order chi connectivity index (χ0) is 19.0. The van der Waals surface area contributed by atoms with Crippen molar-refractivity contribution in [1.29, 1.82) is 0 Å². The van der Waals surface area contributed by atoms with Crippen LogP contribution < -0.4 is 64.2 Å². The summed E-state index contributed by atoms with van der Waals surface area (Å²) in [7, 11) is -4.65. The predicted molar refractivity (Wildman–Crippen MR) is 94.5 cm³/mol. The molecular weight excluding hydrogens is 390 g/mol. The molecule has 150 valence electrons. The first-order chi connectivity index (χ1) is 11.8. The van der Waals surface area contributed by atoms with Crippen LogP contribution in [-0.2, 0) is 19.4 Å². The van der Waals surface area contributed by atoms with Crippen molar-refractivity contribution in [2.75, 3.05) is 0 Å². The van der Waals surface area contributed by atoms with Crippen molar-refractivity contribution in [2.45, 2.75) is 109 Å². The molecule has 27 heavy (non-hydrogen) atoms. The van der Waals surface area contributed by atoms with Crippen LogP contribution in [0.1, 0.15) is 103 Å². The molecule has 0 heterocycles. The number of unbranched alkanes of at least 4 members (excludes halogenated alkanes) is 10. The average molecular weight is 425 g/mol. The molecule has 0 saturated heterocycles. The van der Waals surface area contributed by atoms with Crippen LogP contribution in [0, 0.1) is 0 Å². The number of hydrogen-bond acceptors (Lipinski definition) is 6. The summed E-state index contributed by atoms with van der Waals surface area (Å²) in [5, 5.41) is 10.3. The van der Waals surface area contributed by atoms with E-state index in [0.29, 0.717) is 19.3 Å². The van der Waals surface area contributed by atoms with E-state index >= 15 is 0 Å². The molecule has 0 aliphatic heterocycles. The minimum atomic E-state index is -4.65. The molecule has 0 aliphatic carbocycles. The van der Waals surface area contributed by atoms with Gasteiger partial charge in [0.2, 0.25) is 10.4 Å². The molecule has 0 radical (unpaired) electrons. The van der Waals surface area contributed by atoms with Crippen molar-refractivity contribution < 1.29 is 86.2 Å². The van der Waals surface area contributed by atoms with Crippen LogP contribution in [0.25, 0.3) is 0 Å². The van der Waals surface area contributed by atoms with Crippen LogP contribution in [0.5, 0.6) is 0 Å². The minimum Gasteiger partial charge on any atom is -0.726 e. The topological polar surface area (TPSA) is 107 Å². The Morgan fingerprint density at radius 2 is 1.22 bits per heavy atom. The van der Waals surface area contributed by atoms with Crippen LogP contribution in [0.2, 0.25) is 0 Å². The zero-order valence-electron chi connectivity index (χ0n) is 17.5. The predicted octanol–water partition coefficient (Wildman–Crippen LogP) is -2.54. The van der Waals surface area contributed by atoms with Gasteiger partial charge in [0.05, 0.1) is 6.10 Å². The SMILES string of the molecule is CCCCCCCCC(CCCCCCCCC(=O)[O-])OS(=O)(=O)[O-].[Na+].[Na+]. The summed E-state index contributed by atoms with van der Waals surface area (Å²) >= 11 is 0. The van der Waals surface area contributed by atoms with Crippen molar-refractivity contribution in [3.05, 3.63) is 0 Å². The first-order valence-corrected chi connectivity index (χ1v) is 11.0. The van der Waals surface area contributed by atoms with Crippen LogP contribution in [-0.4, -0.2) is 25.0 Å². The van der Waals surface area contributed by atoms with Gasteiger partial charge in [-0.25, -0.2) is 8.42 Å². The fraction of sp³-hybridized carbons (Fsp3) is 0.944. The molecule has 0 aliphatic rings.